The topological polar surface area (TPSA) is 99.0 Å². The van der Waals surface area contributed by atoms with Crippen molar-refractivity contribution in [2.75, 3.05) is 6.61 Å². The maximum Gasteiger partial charge on any atom is 0.217 e. The van der Waals surface area contributed by atoms with E-state index >= 15 is 0 Å². The summed E-state index contributed by atoms with van der Waals surface area (Å²) in [6.45, 7) is 4.50. The van der Waals surface area contributed by atoms with Crippen LogP contribution in [0.1, 0.15) is 13.3 Å². The summed E-state index contributed by atoms with van der Waals surface area (Å²) < 4.78 is 5.43. The van der Waals surface area contributed by atoms with E-state index < -0.39 is 37.1 Å². The first-order chi connectivity index (χ1) is 8.01. The molecule has 1 unspecified atom stereocenters. The highest BCUT2D eigenvalue weighted by Crippen LogP contribution is 2.23. The Balaban J connectivity index is 2.82. The Morgan fingerprint density at radius 3 is 2.53 bits per heavy atom. The Bertz CT molecular complexity index is 283. The summed E-state index contributed by atoms with van der Waals surface area (Å²) in [7, 11) is 0. The molecule has 1 saturated heterocycles. The fourth-order valence-electron chi connectivity index (χ4n) is 1.97. The van der Waals surface area contributed by atoms with Crippen LogP contribution in [0.4, 0.5) is 0 Å². The minimum atomic E-state index is -1.22. The lowest BCUT2D eigenvalue weighted by Crippen LogP contribution is -2.63. The van der Waals surface area contributed by atoms with Crippen LogP contribution in [-0.2, 0) is 9.53 Å². The number of hydrogen-bond acceptors (Lipinski definition) is 5. The summed E-state index contributed by atoms with van der Waals surface area (Å²) in [6.07, 6.45) is -1.75. The van der Waals surface area contributed by atoms with Crippen LogP contribution in [-0.4, -0.2) is 58.3 Å². The molecule has 6 nitrogen and oxygen atoms in total. The van der Waals surface area contributed by atoms with E-state index in [-0.39, 0.29) is 5.91 Å². The van der Waals surface area contributed by atoms with E-state index in [4.69, 9.17) is 9.84 Å². The number of carbonyl (C=O) groups excluding carboxylic acids is 1. The van der Waals surface area contributed by atoms with Crippen LogP contribution in [0.3, 0.4) is 0 Å². The minimum absolute atomic E-state index is 0.318. The van der Waals surface area contributed by atoms with Gasteiger partial charge in [0.15, 0.2) is 0 Å². The van der Waals surface area contributed by atoms with Crippen LogP contribution >= 0.6 is 0 Å². The van der Waals surface area contributed by atoms with Gasteiger partial charge in [-0.3, -0.25) is 4.79 Å². The Morgan fingerprint density at radius 1 is 1.41 bits per heavy atom. The number of hydrogen-bond donors (Lipinski definition) is 4. The first-order valence-electron chi connectivity index (χ1n) is 5.51. The molecule has 1 amide bonds. The van der Waals surface area contributed by atoms with E-state index in [1.165, 1.54) is 6.92 Å². The van der Waals surface area contributed by atoms with Gasteiger partial charge in [-0.15, -0.1) is 6.58 Å². The van der Waals surface area contributed by atoms with E-state index in [9.17, 15) is 15.0 Å². The third-order valence-electron chi connectivity index (χ3n) is 2.80. The zero-order chi connectivity index (χ0) is 13.0. The molecule has 4 N–H and O–H groups in total. The van der Waals surface area contributed by atoms with Crippen LogP contribution < -0.4 is 5.32 Å². The number of nitrogens with one attached hydrogen (secondary N) is 1. The number of carbonyl (C=O) groups is 1. The molecule has 0 aromatic heterocycles. The Morgan fingerprint density at radius 2 is 2.06 bits per heavy atom. The van der Waals surface area contributed by atoms with Gasteiger partial charge < -0.3 is 25.4 Å². The third-order valence-corrected chi connectivity index (χ3v) is 2.80. The molecule has 1 fully saturated rings. The molecule has 1 heterocycles. The molecule has 0 aliphatic carbocycles. The third kappa shape index (κ3) is 3.26. The lowest BCUT2D eigenvalue weighted by molar-refractivity contribution is -0.194. The SMILES string of the molecule is C=CCC1O[C@H](CO)[C@@H](O)[C@H](O)[C@H]1NC(C)=O. The normalized spacial score (nSPS) is 37.5. The molecule has 98 valence electrons. The van der Waals surface area contributed by atoms with Gasteiger partial charge in [-0.25, -0.2) is 0 Å². The molecule has 0 spiro atoms. The average Bonchev–Trinajstić information content (AvgIpc) is 2.28. The second-order valence-corrected chi connectivity index (χ2v) is 4.13. The smallest absolute Gasteiger partial charge is 0.217 e. The molecule has 0 radical (unpaired) electrons. The number of ether oxygens (including phenoxy) is 1. The van der Waals surface area contributed by atoms with E-state index in [0.717, 1.165) is 0 Å². The van der Waals surface area contributed by atoms with Crippen molar-refractivity contribution < 1.29 is 24.9 Å². The highest BCUT2D eigenvalue weighted by atomic mass is 16.5. The lowest BCUT2D eigenvalue weighted by Gasteiger charge is -2.42. The monoisotopic (exact) mass is 245 g/mol. The van der Waals surface area contributed by atoms with Crippen molar-refractivity contribution in [1.82, 2.24) is 5.32 Å². The quantitative estimate of drug-likeness (QED) is 0.454. The molecule has 0 aromatic rings. The van der Waals surface area contributed by atoms with Crippen LogP contribution in [0, 0.1) is 0 Å². The standard InChI is InChI=1S/C11H19NO5/c1-3-4-7-9(12-6(2)14)11(16)10(15)8(5-13)17-7/h3,7-11,13,15-16H,1,4-5H2,2H3,(H,12,14)/t7?,8-,9+,10-,11-/m1/s1. The molecule has 1 aliphatic rings. The van der Waals surface area contributed by atoms with E-state index in [0.29, 0.717) is 6.42 Å². The first-order valence-corrected chi connectivity index (χ1v) is 5.51. The van der Waals surface area contributed by atoms with Crippen LogP contribution in [0.2, 0.25) is 0 Å². The largest absolute Gasteiger partial charge is 0.394 e. The predicted molar refractivity (Wildman–Crippen MR) is 60.2 cm³/mol. The van der Waals surface area contributed by atoms with Crippen molar-refractivity contribution >= 4 is 5.91 Å². The van der Waals surface area contributed by atoms with Gasteiger partial charge in [0.1, 0.15) is 18.3 Å². The van der Waals surface area contributed by atoms with Crippen molar-refractivity contribution in [2.24, 2.45) is 0 Å². The molecule has 1 rings (SSSR count). The van der Waals surface area contributed by atoms with Crippen LogP contribution in [0.5, 0.6) is 0 Å². The van der Waals surface area contributed by atoms with Crippen LogP contribution in [0.25, 0.3) is 0 Å². The summed E-state index contributed by atoms with van der Waals surface area (Å²) in [4.78, 5) is 11.0. The summed E-state index contributed by atoms with van der Waals surface area (Å²) in [5.74, 6) is -0.318. The molecule has 0 bridgehead atoms. The molecule has 0 saturated carbocycles. The van der Waals surface area contributed by atoms with Crippen molar-refractivity contribution in [3.8, 4) is 0 Å². The van der Waals surface area contributed by atoms with Gasteiger partial charge in [0.05, 0.1) is 18.8 Å². The summed E-state index contributed by atoms with van der Waals surface area (Å²) in [6, 6.07) is -0.705. The Hall–Kier alpha value is -0.950. The molecule has 6 heteroatoms. The fourth-order valence-corrected chi connectivity index (χ4v) is 1.97. The van der Waals surface area contributed by atoms with Crippen LogP contribution in [0.15, 0.2) is 12.7 Å². The second-order valence-electron chi connectivity index (χ2n) is 4.13. The molecule has 5 atom stereocenters. The molecule has 1 aliphatic heterocycles. The van der Waals surface area contributed by atoms with Gasteiger partial charge >= 0.3 is 0 Å². The fraction of sp³-hybridized carbons (Fsp3) is 0.727. The van der Waals surface area contributed by atoms with Gasteiger partial charge in [0, 0.05) is 6.92 Å². The summed E-state index contributed by atoms with van der Waals surface area (Å²) in [5.41, 5.74) is 0. The lowest BCUT2D eigenvalue weighted by atomic mass is 9.91. The van der Waals surface area contributed by atoms with Gasteiger partial charge in [-0.1, -0.05) is 6.08 Å². The average molecular weight is 245 g/mol. The predicted octanol–water partition coefficient (Wildman–Crippen LogP) is -1.45. The summed E-state index contributed by atoms with van der Waals surface area (Å²) in [5, 5.41) is 31.2. The zero-order valence-electron chi connectivity index (χ0n) is 9.74. The molecule has 0 aromatic carbocycles. The zero-order valence-corrected chi connectivity index (χ0v) is 9.74. The van der Waals surface area contributed by atoms with Gasteiger partial charge in [0.25, 0.3) is 0 Å². The number of aliphatic hydroxyl groups excluding tert-OH is 3. The van der Waals surface area contributed by atoms with E-state index in [2.05, 4.69) is 11.9 Å². The minimum Gasteiger partial charge on any atom is -0.394 e. The number of amides is 1. The van der Waals surface area contributed by atoms with Gasteiger partial charge in [-0.05, 0) is 6.42 Å². The maximum atomic E-state index is 11.0. The van der Waals surface area contributed by atoms with E-state index in [1.54, 1.807) is 6.08 Å². The number of aliphatic hydroxyl groups is 3. The number of rotatable bonds is 4. The highest BCUT2D eigenvalue weighted by molar-refractivity contribution is 5.73. The maximum absolute atomic E-state index is 11.0. The first kappa shape index (κ1) is 14.1. The van der Waals surface area contributed by atoms with Gasteiger partial charge in [0.2, 0.25) is 5.91 Å². The Labute approximate surface area is 99.9 Å². The highest BCUT2D eigenvalue weighted by Gasteiger charge is 2.43. The Kier molecular flexibility index (Phi) is 5.07. The van der Waals surface area contributed by atoms with Crippen molar-refractivity contribution in [1.29, 1.82) is 0 Å². The van der Waals surface area contributed by atoms with Crippen molar-refractivity contribution in [3.05, 3.63) is 12.7 Å². The molecular weight excluding hydrogens is 226 g/mol. The van der Waals surface area contributed by atoms with Gasteiger partial charge in [-0.2, -0.15) is 0 Å². The summed E-state index contributed by atoms with van der Waals surface area (Å²) >= 11 is 0. The van der Waals surface area contributed by atoms with E-state index in [1.807, 2.05) is 0 Å². The molecular formula is C11H19NO5. The van der Waals surface area contributed by atoms with Crippen molar-refractivity contribution in [2.45, 2.75) is 43.8 Å². The molecule has 17 heavy (non-hydrogen) atoms. The van der Waals surface area contributed by atoms with Crippen molar-refractivity contribution in [3.63, 3.8) is 0 Å². The second kappa shape index (κ2) is 6.11.